The van der Waals surface area contributed by atoms with E-state index < -0.39 is 0 Å². The number of thiol groups is 1. The molecule has 0 aliphatic carbocycles. The molecule has 0 aliphatic heterocycles. The van der Waals surface area contributed by atoms with Crippen LogP contribution in [0.25, 0.3) is 0 Å². The second-order valence-corrected chi connectivity index (χ2v) is 5.21. The Morgan fingerprint density at radius 2 is 2.15 bits per heavy atom. The number of carbonyl (C=O) groups is 1. The van der Waals surface area contributed by atoms with Gasteiger partial charge in [-0.05, 0) is 37.6 Å². The van der Waals surface area contributed by atoms with Crippen LogP contribution < -0.4 is 5.32 Å². The summed E-state index contributed by atoms with van der Waals surface area (Å²) in [5.41, 5.74) is 3.86. The van der Waals surface area contributed by atoms with Crippen LogP contribution in [0.2, 0.25) is 0 Å². The third-order valence-corrected chi connectivity index (χ3v) is 3.25. The predicted octanol–water partition coefficient (Wildman–Crippen LogP) is 2.21. The Balaban J connectivity index is 2.13. The van der Waals surface area contributed by atoms with Gasteiger partial charge in [-0.25, -0.2) is 0 Å². The van der Waals surface area contributed by atoms with Crippen LogP contribution in [-0.2, 0) is 6.54 Å². The van der Waals surface area contributed by atoms with Gasteiger partial charge in [0.05, 0.1) is 12.2 Å². The van der Waals surface area contributed by atoms with Crippen LogP contribution in [0.1, 0.15) is 27.3 Å². The number of rotatable bonds is 5. The molecule has 0 saturated carbocycles. The van der Waals surface area contributed by atoms with Crippen LogP contribution in [0.5, 0.6) is 0 Å². The van der Waals surface area contributed by atoms with Crippen molar-refractivity contribution >= 4 is 18.5 Å². The molecule has 0 aliphatic rings. The molecule has 1 heterocycles. The van der Waals surface area contributed by atoms with E-state index in [1.165, 1.54) is 0 Å². The highest BCUT2D eigenvalue weighted by Gasteiger charge is 2.07. The van der Waals surface area contributed by atoms with Crippen LogP contribution in [0, 0.1) is 13.8 Å². The number of amides is 1. The second-order valence-electron chi connectivity index (χ2n) is 4.76. The Hall–Kier alpha value is -1.75. The van der Waals surface area contributed by atoms with Crippen LogP contribution >= 0.6 is 12.6 Å². The molecule has 1 aromatic carbocycles. The minimum absolute atomic E-state index is 0.0609. The third kappa shape index (κ3) is 3.63. The number of carbonyl (C=O) groups excluding carboxylic acids is 1. The Kier molecular flexibility index (Phi) is 4.84. The Morgan fingerprint density at radius 1 is 1.35 bits per heavy atom. The minimum atomic E-state index is -0.0609. The molecule has 0 spiro atoms. The van der Waals surface area contributed by atoms with E-state index in [1.807, 2.05) is 48.9 Å². The minimum Gasteiger partial charge on any atom is -0.351 e. The number of nitrogens with one attached hydrogen (secondary N) is 1. The lowest BCUT2D eigenvalue weighted by atomic mass is 10.1. The molecular formula is C15H19N3OS. The lowest BCUT2D eigenvalue weighted by molar-refractivity contribution is 0.0956. The first kappa shape index (κ1) is 14.7. The van der Waals surface area contributed by atoms with Crippen molar-refractivity contribution in [1.29, 1.82) is 0 Å². The van der Waals surface area contributed by atoms with Crippen molar-refractivity contribution in [1.82, 2.24) is 15.1 Å². The zero-order valence-electron chi connectivity index (χ0n) is 11.8. The number of hydrogen-bond acceptors (Lipinski definition) is 3. The zero-order chi connectivity index (χ0) is 14.5. The molecule has 0 radical (unpaired) electrons. The summed E-state index contributed by atoms with van der Waals surface area (Å²) in [6, 6.07) is 9.68. The molecule has 20 heavy (non-hydrogen) atoms. The number of hydrogen-bond donors (Lipinski definition) is 2. The lowest BCUT2D eigenvalue weighted by Crippen LogP contribution is -2.25. The smallest absolute Gasteiger partial charge is 0.251 e. The van der Waals surface area contributed by atoms with Gasteiger partial charge in [0.1, 0.15) is 0 Å². The van der Waals surface area contributed by atoms with Gasteiger partial charge in [0.2, 0.25) is 0 Å². The highest BCUT2D eigenvalue weighted by Crippen LogP contribution is 2.10. The van der Waals surface area contributed by atoms with E-state index in [2.05, 4.69) is 23.0 Å². The summed E-state index contributed by atoms with van der Waals surface area (Å²) in [4.78, 5) is 11.9. The summed E-state index contributed by atoms with van der Waals surface area (Å²) in [6.07, 6.45) is 0. The fraction of sp³-hybridized carbons (Fsp3) is 0.333. The highest BCUT2D eigenvalue weighted by atomic mass is 32.1. The standard InChI is InChI=1S/C15H19N3OS/c1-11-8-12(2)18(17-11)10-13-4-3-5-14(9-13)15(19)16-6-7-20/h3-5,8-9,20H,6-7,10H2,1-2H3,(H,16,19). The van der Waals surface area contributed by atoms with Gasteiger partial charge < -0.3 is 5.32 Å². The molecular weight excluding hydrogens is 270 g/mol. The summed E-state index contributed by atoms with van der Waals surface area (Å²) >= 11 is 4.08. The normalized spacial score (nSPS) is 10.6. The molecule has 0 fully saturated rings. The molecule has 5 heteroatoms. The number of aromatic nitrogens is 2. The van der Waals surface area contributed by atoms with Gasteiger partial charge in [-0.15, -0.1) is 0 Å². The first-order valence-electron chi connectivity index (χ1n) is 6.59. The lowest BCUT2D eigenvalue weighted by Gasteiger charge is -2.07. The van der Waals surface area contributed by atoms with Crippen LogP contribution in [0.15, 0.2) is 30.3 Å². The van der Waals surface area contributed by atoms with E-state index in [1.54, 1.807) is 0 Å². The van der Waals surface area contributed by atoms with Crippen LogP contribution in [0.3, 0.4) is 0 Å². The first-order valence-corrected chi connectivity index (χ1v) is 7.22. The summed E-state index contributed by atoms with van der Waals surface area (Å²) < 4.78 is 1.94. The van der Waals surface area contributed by atoms with Gasteiger partial charge in [-0.3, -0.25) is 9.48 Å². The quantitative estimate of drug-likeness (QED) is 0.829. The van der Waals surface area contributed by atoms with Crippen molar-refractivity contribution in [3.63, 3.8) is 0 Å². The second kappa shape index (κ2) is 6.61. The number of nitrogens with zero attached hydrogens (tertiary/aromatic N) is 2. The maximum atomic E-state index is 11.9. The first-order chi connectivity index (χ1) is 9.60. The molecule has 1 amide bonds. The van der Waals surface area contributed by atoms with Gasteiger partial charge in [0, 0.05) is 23.6 Å². The molecule has 2 aromatic rings. The van der Waals surface area contributed by atoms with Crippen molar-refractivity contribution in [3.8, 4) is 0 Å². The van der Waals surface area contributed by atoms with E-state index >= 15 is 0 Å². The highest BCUT2D eigenvalue weighted by molar-refractivity contribution is 7.80. The molecule has 2 rings (SSSR count). The Morgan fingerprint density at radius 3 is 2.80 bits per heavy atom. The average Bonchev–Trinajstić information content (AvgIpc) is 2.74. The van der Waals surface area contributed by atoms with Crippen molar-refractivity contribution in [2.24, 2.45) is 0 Å². The molecule has 1 aromatic heterocycles. The van der Waals surface area contributed by atoms with Crippen LogP contribution in [-0.4, -0.2) is 28.0 Å². The van der Waals surface area contributed by atoms with Crippen molar-refractivity contribution in [2.45, 2.75) is 20.4 Å². The molecule has 0 bridgehead atoms. The summed E-state index contributed by atoms with van der Waals surface area (Å²) in [6.45, 7) is 5.26. The fourth-order valence-corrected chi connectivity index (χ4v) is 2.20. The van der Waals surface area contributed by atoms with E-state index in [9.17, 15) is 4.79 Å². The van der Waals surface area contributed by atoms with Crippen molar-refractivity contribution < 1.29 is 4.79 Å². The third-order valence-electron chi connectivity index (χ3n) is 3.02. The largest absolute Gasteiger partial charge is 0.351 e. The van der Waals surface area contributed by atoms with E-state index in [0.717, 1.165) is 17.0 Å². The molecule has 0 unspecified atom stereocenters. The Bertz CT molecular complexity index is 607. The fourth-order valence-electron chi connectivity index (χ4n) is 2.09. The maximum absolute atomic E-state index is 11.9. The Labute approximate surface area is 124 Å². The molecule has 0 atom stereocenters. The van der Waals surface area contributed by atoms with Crippen LogP contribution in [0.4, 0.5) is 0 Å². The molecule has 4 nitrogen and oxygen atoms in total. The summed E-state index contributed by atoms with van der Waals surface area (Å²) in [7, 11) is 0. The SMILES string of the molecule is Cc1cc(C)n(Cc2cccc(C(=O)NCCS)c2)n1. The van der Waals surface area contributed by atoms with Gasteiger partial charge >= 0.3 is 0 Å². The predicted molar refractivity (Wildman–Crippen MR) is 83.4 cm³/mol. The van der Waals surface area contributed by atoms with Gasteiger partial charge in [-0.2, -0.15) is 17.7 Å². The van der Waals surface area contributed by atoms with Crippen molar-refractivity contribution in [3.05, 3.63) is 52.8 Å². The van der Waals surface area contributed by atoms with Gasteiger partial charge in [-0.1, -0.05) is 12.1 Å². The van der Waals surface area contributed by atoms with E-state index in [4.69, 9.17) is 0 Å². The monoisotopic (exact) mass is 289 g/mol. The average molecular weight is 289 g/mol. The van der Waals surface area contributed by atoms with E-state index in [-0.39, 0.29) is 5.91 Å². The topological polar surface area (TPSA) is 46.9 Å². The van der Waals surface area contributed by atoms with Gasteiger partial charge in [0.25, 0.3) is 5.91 Å². The summed E-state index contributed by atoms with van der Waals surface area (Å²) in [5, 5.41) is 7.25. The zero-order valence-corrected chi connectivity index (χ0v) is 12.7. The molecule has 106 valence electrons. The number of aryl methyl sites for hydroxylation is 2. The number of benzene rings is 1. The summed E-state index contributed by atoms with van der Waals surface area (Å²) in [5.74, 6) is 0.575. The van der Waals surface area contributed by atoms with E-state index in [0.29, 0.717) is 24.4 Å². The molecule has 1 N–H and O–H groups in total. The maximum Gasteiger partial charge on any atom is 0.251 e. The van der Waals surface area contributed by atoms with Crippen molar-refractivity contribution in [2.75, 3.05) is 12.3 Å². The van der Waals surface area contributed by atoms with Gasteiger partial charge in [0.15, 0.2) is 0 Å². The molecule has 0 saturated heterocycles.